The predicted octanol–water partition coefficient (Wildman–Crippen LogP) is 2.95. The van der Waals surface area contributed by atoms with Crippen molar-refractivity contribution in [2.75, 3.05) is 26.6 Å². The normalized spacial score (nSPS) is 11.5. The molecule has 0 radical (unpaired) electrons. The maximum absolute atomic E-state index is 13.6. The molecular weight excluding hydrogens is 656 g/mol. The minimum Gasteiger partial charge on any atom is -0.495 e. The molecule has 0 aliphatic rings. The second kappa shape index (κ2) is 16.2. The Balaban J connectivity index is 2.05. The minimum absolute atomic E-state index is 0.0754. The number of aliphatic carboxylic acids is 1. The number of nitrogens with zero attached hydrogens (tertiary/aromatic N) is 1. The molecule has 18 heteroatoms. The Morgan fingerprint density at radius 2 is 1.12 bits per heavy atom. The number of anilines is 1. The van der Waals surface area contributed by atoms with Crippen LogP contribution in [0, 0.1) is 10.1 Å². The zero-order chi connectivity index (χ0) is 36.4. The molecule has 0 spiro atoms. The van der Waals surface area contributed by atoms with E-state index >= 15 is 0 Å². The Labute approximate surface area is 276 Å². The third-order valence-corrected chi connectivity index (χ3v) is 6.20. The van der Waals surface area contributed by atoms with Crippen molar-refractivity contribution >= 4 is 47.1 Å². The molecule has 0 fully saturated rings. The lowest BCUT2D eigenvalue weighted by atomic mass is 10.1. The summed E-state index contributed by atoms with van der Waals surface area (Å²) in [6, 6.07) is 9.79. The first-order valence-electron chi connectivity index (χ1n) is 13.7. The molecular formula is C31H28N2O16. The van der Waals surface area contributed by atoms with Gasteiger partial charge < -0.3 is 43.6 Å². The van der Waals surface area contributed by atoms with Gasteiger partial charge in [-0.25, -0.2) is 14.4 Å². The first-order chi connectivity index (χ1) is 23.2. The summed E-state index contributed by atoms with van der Waals surface area (Å²) in [6.45, 7) is 2.25. The molecule has 0 heterocycles. The Kier molecular flexibility index (Phi) is 12.2. The number of rotatable bonds is 14. The average molecular weight is 685 g/mol. The van der Waals surface area contributed by atoms with Crippen LogP contribution in [0.25, 0.3) is 0 Å². The van der Waals surface area contributed by atoms with Gasteiger partial charge in [-0.2, -0.15) is 0 Å². The van der Waals surface area contributed by atoms with E-state index in [-0.39, 0.29) is 45.6 Å². The number of esters is 4. The van der Waals surface area contributed by atoms with Gasteiger partial charge in [-0.15, -0.1) is 0 Å². The van der Waals surface area contributed by atoms with Gasteiger partial charge in [0.2, 0.25) is 12.2 Å². The van der Waals surface area contributed by atoms with E-state index in [1.165, 1.54) is 27.4 Å². The van der Waals surface area contributed by atoms with Crippen molar-refractivity contribution in [1.29, 1.82) is 0 Å². The molecule has 3 aromatic rings. The highest BCUT2D eigenvalue weighted by Crippen LogP contribution is 2.32. The maximum atomic E-state index is 13.6. The van der Waals surface area contributed by atoms with E-state index in [1.807, 2.05) is 0 Å². The number of ether oxygens (including phenoxy) is 7. The summed E-state index contributed by atoms with van der Waals surface area (Å²) in [7, 11) is 3.59. The van der Waals surface area contributed by atoms with Crippen LogP contribution < -0.4 is 29.0 Å². The van der Waals surface area contributed by atoms with Crippen LogP contribution in [0.4, 0.5) is 11.4 Å². The number of nitro benzene ring substituents is 1. The van der Waals surface area contributed by atoms with E-state index in [9.17, 15) is 44.0 Å². The van der Waals surface area contributed by atoms with Crippen LogP contribution in [-0.2, 0) is 28.7 Å². The van der Waals surface area contributed by atoms with Crippen molar-refractivity contribution in [3.8, 4) is 28.7 Å². The van der Waals surface area contributed by atoms with E-state index in [1.54, 1.807) is 0 Å². The number of carboxylic acids is 1. The van der Waals surface area contributed by atoms with Gasteiger partial charge in [-0.05, 0) is 42.5 Å². The van der Waals surface area contributed by atoms with E-state index in [0.29, 0.717) is 0 Å². The lowest BCUT2D eigenvalue weighted by Gasteiger charge is -2.24. The van der Waals surface area contributed by atoms with Crippen LogP contribution in [-0.4, -0.2) is 79.3 Å². The molecule has 258 valence electrons. The molecule has 0 unspecified atom stereocenters. The Morgan fingerprint density at radius 3 is 1.53 bits per heavy atom. The molecule has 2 atom stereocenters. The number of hydrogen-bond donors (Lipinski definition) is 2. The lowest BCUT2D eigenvalue weighted by Crippen LogP contribution is -2.48. The SMILES string of the molecule is COc1ccc([N+](=O)[O-])cc1NC(=O)[C@@H](OC(=O)c1ccc(OC(C)=O)c(OC)c1)[C@@H](OC(=O)c1ccc(OC(C)=O)c(OC)c1)C(=O)O. The summed E-state index contributed by atoms with van der Waals surface area (Å²) in [5.74, 6) is -7.89. The summed E-state index contributed by atoms with van der Waals surface area (Å²) >= 11 is 0. The third kappa shape index (κ3) is 9.41. The molecule has 0 aliphatic heterocycles. The maximum Gasteiger partial charge on any atom is 0.349 e. The molecule has 3 aromatic carbocycles. The van der Waals surface area contributed by atoms with Gasteiger partial charge in [0.1, 0.15) is 5.75 Å². The zero-order valence-electron chi connectivity index (χ0n) is 26.4. The topological polar surface area (TPSA) is 242 Å². The fourth-order valence-electron chi connectivity index (χ4n) is 4.04. The van der Waals surface area contributed by atoms with E-state index in [2.05, 4.69) is 5.32 Å². The van der Waals surface area contributed by atoms with Gasteiger partial charge >= 0.3 is 29.8 Å². The van der Waals surface area contributed by atoms with Gasteiger partial charge in [0.25, 0.3) is 11.6 Å². The van der Waals surface area contributed by atoms with Crippen LogP contribution >= 0.6 is 0 Å². The monoisotopic (exact) mass is 684 g/mol. The van der Waals surface area contributed by atoms with E-state index < -0.39 is 58.6 Å². The van der Waals surface area contributed by atoms with Crippen LogP contribution in [0.15, 0.2) is 54.6 Å². The Hall–Kier alpha value is -6.72. The van der Waals surface area contributed by atoms with E-state index in [0.717, 1.165) is 62.4 Å². The molecule has 0 aromatic heterocycles. The molecule has 49 heavy (non-hydrogen) atoms. The quantitative estimate of drug-likeness (QED) is 0.107. The fraction of sp³-hybridized carbons (Fsp3) is 0.226. The van der Waals surface area contributed by atoms with Gasteiger partial charge in [0, 0.05) is 26.0 Å². The van der Waals surface area contributed by atoms with Crippen LogP contribution in [0.1, 0.15) is 34.6 Å². The van der Waals surface area contributed by atoms with Crippen molar-refractivity contribution in [2.45, 2.75) is 26.1 Å². The van der Waals surface area contributed by atoms with Crippen LogP contribution in [0.3, 0.4) is 0 Å². The number of methoxy groups -OCH3 is 3. The Morgan fingerprint density at radius 1 is 0.673 bits per heavy atom. The number of carboxylic acid groups (broad SMARTS) is 1. The average Bonchev–Trinajstić information content (AvgIpc) is 3.05. The predicted molar refractivity (Wildman–Crippen MR) is 163 cm³/mol. The molecule has 0 bridgehead atoms. The molecule has 0 saturated carbocycles. The van der Waals surface area contributed by atoms with Gasteiger partial charge in [0.15, 0.2) is 23.0 Å². The van der Waals surface area contributed by atoms with Crippen molar-refractivity contribution in [3.05, 3.63) is 75.8 Å². The number of nitrogens with one attached hydrogen (secondary N) is 1. The van der Waals surface area contributed by atoms with Gasteiger partial charge in [0.05, 0.1) is 43.1 Å². The molecule has 3 rings (SSSR count). The first-order valence-corrected chi connectivity index (χ1v) is 13.7. The third-order valence-electron chi connectivity index (χ3n) is 6.20. The van der Waals surface area contributed by atoms with Crippen LogP contribution in [0.5, 0.6) is 28.7 Å². The molecule has 18 nitrogen and oxygen atoms in total. The number of carbonyl (C=O) groups excluding carboxylic acids is 5. The Bertz CT molecular complexity index is 1800. The first kappa shape index (κ1) is 36.7. The number of benzene rings is 3. The fourth-order valence-corrected chi connectivity index (χ4v) is 4.04. The molecule has 1 amide bonds. The summed E-state index contributed by atoms with van der Waals surface area (Å²) in [4.78, 5) is 85.9. The van der Waals surface area contributed by atoms with Gasteiger partial charge in [-0.3, -0.25) is 24.5 Å². The molecule has 0 saturated heterocycles. The van der Waals surface area contributed by atoms with Crippen molar-refractivity contribution < 1.29 is 72.0 Å². The minimum atomic E-state index is -2.53. The van der Waals surface area contributed by atoms with Crippen molar-refractivity contribution in [3.63, 3.8) is 0 Å². The number of hydrogen-bond acceptors (Lipinski definition) is 15. The number of non-ortho nitro benzene ring substituents is 1. The second-order valence-corrected chi connectivity index (χ2v) is 9.54. The number of amides is 1. The summed E-state index contributed by atoms with van der Waals surface area (Å²) < 4.78 is 35.8. The van der Waals surface area contributed by atoms with Crippen molar-refractivity contribution in [1.82, 2.24) is 0 Å². The van der Waals surface area contributed by atoms with Crippen LogP contribution in [0.2, 0.25) is 0 Å². The summed E-state index contributed by atoms with van der Waals surface area (Å²) in [6.07, 6.45) is -4.97. The van der Waals surface area contributed by atoms with Gasteiger partial charge in [-0.1, -0.05) is 0 Å². The van der Waals surface area contributed by atoms with E-state index in [4.69, 9.17) is 33.2 Å². The second-order valence-electron chi connectivity index (χ2n) is 9.54. The highest BCUT2D eigenvalue weighted by molar-refractivity contribution is 6.02. The molecule has 2 N–H and O–H groups in total. The lowest BCUT2D eigenvalue weighted by molar-refractivity contribution is -0.384. The van der Waals surface area contributed by atoms with Crippen molar-refractivity contribution in [2.24, 2.45) is 0 Å². The largest absolute Gasteiger partial charge is 0.495 e. The summed E-state index contributed by atoms with van der Waals surface area (Å²) in [5.41, 5.74) is -1.45. The smallest absolute Gasteiger partial charge is 0.349 e. The highest BCUT2D eigenvalue weighted by atomic mass is 16.6. The standard InChI is InChI=1S/C31H28N2O16/c1-15(34)46-22-9-6-17(12-24(22)44-4)30(39)48-26(28(36)32-20-14-19(33(41)42)8-11-21(20)43-3)27(29(37)38)49-31(40)18-7-10-23(47-16(2)35)25(13-18)45-5/h6-14,26-27H,1-5H3,(H,32,36)(H,37,38)/t26-,27+/m0/s1. The molecule has 0 aliphatic carbocycles. The number of nitro groups is 1. The summed E-state index contributed by atoms with van der Waals surface area (Å²) in [5, 5.41) is 23.7. The highest BCUT2D eigenvalue weighted by Gasteiger charge is 2.41. The number of carbonyl (C=O) groups is 6. The zero-order valence-corrected chi connectivity index (χ0v) is 26.4.